The number of rotatable bonds is 4. The Morgan fingerprint density at radius 2 is 2.00 bits per heavy atom. The third-order valence-electron chi connectivity index (χ3n) is 3.11. The van der Waals surface area contributed by atoms with Crippen molar-refractivity contribution in [3.05, 3.63) is 35.9 Å². The number of benzene rings is 1. The van der Waals surface area contributed by atoms with Crippen LogP contribution in [0.2, 0.25) is 0 Å². The predicted molar refractivity (Wildman–Crippen MR) is 85.9 cm³/mol. The molecule has 0 aliphatic carbocycles. The van der Waals surface area contributed by atoms with Crippen LogP contribution in [0, 0.1) is 5.92 Å². The van der Waals surface area contributed by atoms with Crippen molar-refractivity contribution in [3.63, 3.8) is 0 Å². The summed E-state index contributed by atoms with van der Waals surface area (Å²) in [4.78, 5) is 12.0. The quantitative estimate of drug-likeness (QED) is 0.869. The molecule has 1 atom stereocenters. The van der Waals surface area contributed by atoms with Crippen molar-refractivity contribution in [3.8, 4) is 0 Å². The molecule has 1 amide bonds. The van der Waals surface area contributed by atoms with Crippen LogP contribution in [0.1, 0.15) is 32.3 Å². The number of piperidine rings is 1. The van der Waals surface area contributed by atoms with Crippen LogP contribution in [0.15, 0.2) is 30.3 Å². The van der Waals surface area contributed by atoms with Crippen LogP contribution >= 0.6 is 0 Å². The van der Waals surface area contributed by atoms with E-state index >= 15 is 0 Å². The summed E-state index contributed by atoms with van der Waals surface area (Å²) in [5, 5.41) is 8.76. The van der Waals surface area contributed by atoms with E-state index in [1.807, 2.05) is 44.2 Å². The lowest BCUT2D eigenvalue weighted by Gasteiger charge is -2.28. The van der Waals surface area contributed by atoms with Crippen molar-refractivity contribution in [1.29, 1.82) is 0 Å². The number of likely N-dealkylation sites (tertiary alicyclic amines) is 1. The largest absolute Gasteiger partial charge is 0.396 e. The van der Waals surface area contributed by atoms with Crippen LogP contribution in [-0.4, -0.2) is 43.2 Å². The van der Waals surface area contributed by atoms with Crippen LogP contribution in [-0.2, 0) is 16.1 Å². The van der Waals surface area contributed by atoms with Gasteiger partial charge in [-0.3, -0.25) is 4.79 Å². The van der Waals surface area contributed by atoms with Gasteiger partial charge in [-0.2, -0.15) is 0 Å². The van der Waals surface area contributed by atoms with E-state index in [-0.39, 0.29) is 6.61 Å². The number of aliphatic hydroxyl groups excluding tert-OH is 1. The molecule has 4 heteroatoms. The molecule has 120 valence electrons. The second-order valence-electron chi connectivity index (χ2n) is 4.71. The number of methoxy groups -OCH3 is 1. The van der Waals surface area contributed by atoms with E-state index in [4.69, 9.17) is 9.84 Å². The van der Waals surface area contributed by atoms with Crippen LogP contribution in [0.5, 0.6) is 0 Å². The number of nitrogens with zero attached hydrogens (tertiary/aromatic N) is 1. The molecule has 0 radical (unpaired) electrons. The first kappa shape index (κ1) is 19.6. The van der Waals surface area contributed by atoms with Gasteiger partial charge in [0.2, 0.25) is 6.41 Å². The Hall–Kier alpha value is -1.39. The molecule has 0 saturated carbocycles. The molecule has 1 aliphatic rings. The van der Waals surface area contributed by atoms with Crippen molar-refractivity contribution in [2.45, 2.75) is 33.3 Å². The third-order valence-corrected chi connectivity index (χ3v) is 3.11. The van der Waals surface area contributed by atoms with E-state index in [1.165, 1.54) is 5.56 Å². The number of carbonyl (C=O) groups excluding carboxylic acids is 1. The minimum absolute atomic E-state index is 0.213. The molecular formula is C17H29NO3. The molecule has 21 heavy (non-hydrogen) atoms. The second kappa shape index (κ2) is 13.6. The first-order valence-corrected chi connectivity index (χ1v) is 7.63. The predicted octanol–water partition coefficient (Wildman–Crippen LogP) is 2.71. The van der Waals surface area contributed by atoms with Gasteiger partial charge in [-0.05, 0) is 24.3 Å². The molecule has 1 aromatic rings. The summed E-state index contributed by atoms with van der Waals surface area (Å²) < 4.78 is 4.93. The summed E-state index contributed by atoms with van der Waals surface area (Å²) in [5.41, 5.74) is 1.22. The Bertz CT molecular complexity index is 343. The molecule has 1 saturated heterocycles. The van der Waals surface area contributed by atoms with Crippen molar-refractivity contribution < 1.29 is 14.6 Å². The number of hydrogen-bond donors (Lipinski definition) is 1. The van der Waals surface area contributed by atoms with Crippen molar-refractivity contribution in [1.82, 2.24) is 4.90 Å². The molecule has 0 spiro atoms. The summed E-state index contributed by atoms with van der Waals surface area (Å²) >= 11 is 0. The van der Waals surface area contributed by atoms with Crippen molar-refractivity contribution in [2.24, 2.45) is 5.92 Å². The van der Waals surface area contributed by atoms with Gasteiger partial charge in [-0.25, -0.2) is 0 Å². The lowest BCUT2D eigenvalue weighted by Crippen LogP contribution is -2.35. The summed E-state index contributed by atoms with van der Waals surface area (Å²) in [7, 11) is 1.70. The van der Waals surface area contributed by atoms with Gasteiger partial charge in [0, 0.05) is 26.8 Å². The number of ether oxygens (including phenoxy) is 1. The molecule has 1 heterocycles. The summed E-state index contributed by atoms with van der Waals surface area (Å²) in [6.07, 6.45) is 2.95. The highest BCUT2D eigenvalue weighted by atomic mass is 16.5. The van der Waals surface area contributed by atoms with Crippen molar-refractivity contribution >= 4 is 6.41 Å². The highest BCUT2D eigenvalue weighted by molar-refractivity contribution is 5.47. The van der Waals surface area contributed by atoms with E-state index in [0.717, 1.165) is 32.3 Å². The number of hydrogen-bond acceptors (Lipinski definition) is 3. The lowest BCUT2D eigenvalue weighted by molar-refractivity contribution is -0.120. The zero-order valence-electron chi connectivity index (χ0n) is 13.5. The van der Waals surface area contributed by atoms with Gasteiger partial charge in [0.15, 0.2) is 0 Å². The lowest BCUT2D eigenvalue weighted by atomic mass is 10.00. The maximum absolute atomic E-state index is 10.3. The maximum atomic E-state index is 10.3. The van der Waals surface area contributed by atoms with Gasteiger partial charge in [-0.1, -0.05) is 44.2 Å². The Balaban J connectivity index is 0.000000342. The Morgan fingerprint density at radius 1 is 1.33 bits per heavy atom. The monoisotopic (exact) mass is 295 g/mol. The Morgan fingerprint density at radius 3 is 2.52 bits per heavy atom. The van der Waals surface area contributed by atoms with Gasteiger partial charge in [0.1, 0.15) is 0 Å². The summed E-state index contributed by atoms with van der Waals surface area (Å²) in [6, 6.07) is 10.1. The average molecular weight is 295 g/mol. The van der Waals surface area contributed by atoms with Gasteiger partial charge in [-0.15, -0.1) is 0 Å². The fourth-order valence-electron chi connectivity index (χ4n) is 2.08. The molecule has 1 N–H and O–H groups in total. The molecule has 0 aromatic heterocycles. The first-order chi connectivity index (χ1) is 10.3. The van der Waals surface area contributed by atoms with Crippen molar-refractivity contribution in [2.75, 3.05) is 26.8 Å². The smallest absolute Gasteiger partial charge is 0.209 e. The zero-order chi connectivity index (χ0) is 15.9. The Labute approximate surface area is 128 Å². The van der Waals surface area contributed by atoms with Crippen LogP contribution < -0.4 is 0 Å². The fraction of sp³-hybridized carbons (Fsp3) is 0.588. The first-order valence-electron chi connectivity index (χ1n) is 7.63. The summed E-state index contributed by atoms with van der Waals surface area (Å²) in [6.45, 7) is 6.52. The van der Waals surface area contributed by atoms with E-state index in [0.29, 0.717) is 12.5 Å². The number of amides is 1. The fourth-order valence-corrected chi connectivity index (χ4v) is 2.08. The van der Waals surface area contributed by atoms with Gasteiger partial charge in [0.05, 0.1) is 6.61 Å². The maximum Gasteiger partial charge on any atom is 0.209 e. The Kier molecular flexibility index (Phi) is 12.7. The van der Waals surface area contributed by atoms with Gasteiger partial charge >= 0.3 is 0 Å². The molecule has 1 unspecified atom stereocenters. The molecular weight excluding hydrogens is 266 g/mol. The molecule has 4 nitrogen and oxygen atoms in total. The number of aliphatic hydroxyl groups is 1. The van der Waals surface area contributed by atoms with Crippen LogP contribution in [0.3, 0.4) is 0 Å². The second-order valence-corrected chi connectivity index (χ2v) is 4.71. The molecule has 1 aliphatic heterocycles. The van der Waals surface area contributed by atoms with Crippen LogP contribution in [0.4, 0.5) is 0 Å². The number of carbonyl (C=O) groups is 1. The van der Waals surface area contributed by atoms with Gasteiger partial charge < -0.3 is 14.7 Å². The highest BCUT2D eigenvalue weighted by Gasteiger charge is 2.16. The topological polar surface area (TPSA) is 49.8 Å². The minimum Gasteiger partial charge on any atom is -0.396 e. The van der Waals surface area contributed by atoms with Crippen LogP contribution in [0.25, 0.3) is 0 Å². The SMILES string of the molecule is CC.COCc1ccccc1.O=CN1CCCC(CO)C1. The highest BCUT2D eigenvalue weighted by Crippen LogP contribution is 2.13. The van der Waals surface area contributed by atoms with E-state index in [9.17, 15) is 4.79 Å². The standard InChI is InChI=1S/C8H10O.C7H13NO2.C2H6/c1-9-7-8-5-3-2-4-6-8;9-5-7-2-1-3-8(4-7)6-10;1-2/h2-6H,7H2,1H3;6-7,9H,1-5H2;1-2H3. The molecule has 2 rings (SSSR count). The molecule has 1 fully saturated rings. The zero-order valence-corrected chi connectivity index (χ0v) is 13.5. The minimum atomic E-state index is 0.213. The third kappa shape index (κ3) is 9.21. The van der Waals surface area contributed by atoms with E-state index < -0.39 is 0 Å². The van der Waals surface area contributed by atoms with E-state index in [1.54, 1.807) is 12.0 Å². The van der Waals surface area contributed by atoms with Gasteiger partial charge in [0.25, 0.3) is 0 Å². The average Bonchev–Trinajstić information content (AvgIpc) is 2.58. The van der Waals surface area contributed by atoms with E-state index in [2.05, 4.69) is 0 Å². The normalized spacial score (nSPS) is 17.0. The molecule has 0 bridgehead atoms. The summed E-state index contributed by atoms with van der Waals surface area (Å²) in [5.74, 6) is 0.318. The molecule has 1 aromatic carbocycles.